The van der Waals surface area contributed by atoms with Crippen molar-refractivity contribution in [2.24, 2.45) is 0 Å². The minimum atomic E-state index is -0.477. The van der Waals surface area contributed by atoms with Gasteiger partial charge in [-0.3, -0.25) is 0 Å². The largest absolute Gasteiger partial charge is 0.444 e. The summed E-state index contributed by atoms with van der Waals surface area (Å²) in [5.41, 5.74) is 0.240. The summed E-state index contributed by atoms with van der Waals surface area (Å²) in [6.07, 6.45) is 0.496. The van der Waals surface area contributed by atoms with Crippen LogP contribution < -0.4 is 0 Å². The van der Waals surface area contributed by atoms with Crippen LogP contribution in [0.15, 0.2) is 12.1 Å². The summed E-state index contributed by atoms with van der Waals surface area (Å²) in [5, 5.41) is 8.05. The Bertz CT molecular complexity index is 487. The van der Waals surface area contributed by atoms with E-state index < -0.39 is 5.60 Å². The first kappa shape index (κ1) is 16.0. The van der Waals surface area contributed by atoms with E-state index in [1.54, 1.807) is 17.0 Å². The van der Waals surface area contributed by atoms with Gasteiger partial charge in [0.1, 0.15) is 5.60 Å². The quantitative estimate of drug-likeness (QED) is 0.858. The van der Waals surface area contributed by atoms with Crippen molar-refractivity contribution in [3.63, 3.8) is 0 Å². The zero-order valence-electron chi connectivity index (χ0n) is 12.5. The number of hydrogen-bond donors (Lipinski definition) is 0. The zero-order valence-corrected chi connectivity index (χ0v) is 13.3. The summed E-state index contributed by atoms with van der Waals surface area (Å²) in [4.78, 5) is 13.6. The molecule has 1 aliphatic rings. The van der Waals surface area contributed by atoms with E-state index >= 15 is 0 Å². The van der Waals surface area contributed by atoms with Gasteiger partial charge in [-0.25, -0.2) is 4.79 Å². The number of halogens is 1. The van der Waals surface area contributed by atoms with Gasteiger partial charge in [-0.1, -0.05) is 11.6 Å². The van der Waals surface area contributed by atoms with Crippen LogP contribution in [0.25, 0.3) is 0 Å². The molecule has 0 aromatic carbocycles. The maximum absolute atomic E-state index is 11.9. The van der Waals surface area contributed by atoms with Crippen LogP contribution in [0.3, 0.4) is 0 Å². The lowest BCUT2D eigenvalue weighted by Crippen LogP contribution is -2.36. The second-order valence-corrected chi connectivity index (χ2v) is 6.38. The maximum Gasteiger partial charge on any atom is 0.410 e. The molecular formula is C14H20ClN3O3. The SMILES string of the molecule is CC(C)(C)OC(=O)N1CCC(OCc2ccc(Cl)nn2)C1. The molecule has 116 valence electrons. The molecule has 0 aliphatic carbocycles. The van der Waals surface area contributed by atoms with Crippen LogP contribution in [-0.4, -0.2) is 46.0 Å². The number of carbonyl (C=O) groups excluding carboxylic acids is 1. The number of amides is 1. The predicted molar refractivity (Wildman–Crippen MR) is 78.0 cm³/mol. The fourth-order valence-electron chi connectivity index (χ4n) is 1.98. The van der Waals surface area contributed by atoms with E-state index in [0.717, 1.165) is 12.1 Å². The Morgan fingerprint density at radius 3 is 2.81 bits per heavy atom. The number of aromatic nitrogens is 2. The molecule has 2 rings (SSSR count). The Morgan fingerprint density at radius 2 is 2.19 bits per heavy atom. The lowest BCUT2D eigenvalue weighted by molar-refractivity contribution is 0.0179. The van der Waals surface area contributed by atoms with Crippen LogP contribution in [0.1, 0.15) is 32.9 Å². The highest BCUT2D eigenvalue weighted by molar-refractivity contribution is 6.29. The molecule has 6 nitrogen and oxygen atoms in total. The molecule has 1 aromatic rings. The van der Waals surface area contributed by atoms with Gasteiger partial charge < -0.3 is 14.4 Å². The highest BCUT2D eigenvalue weighted by Gasteiger charge is 2.30. The predicted octanol–water partition coefficient (Wildman–Crippen LogP) is 2.66. The summed E-state index contributed by atoms with van der Waals surface area (Å²) < 4.78 is 11.1. The molecule has 1 atom stereocenters. The lowest BCUT2D eigenvalue weighted by Gasteiger charge is -2.24. The third-order valence-corrected chi connectivity index (χ3v) is 3.15. The summed E-state index contributed by atoms with van der Waals surface area (Å²) in [7, 11) is 0. The van der Waals surface area contributed by atoms with Gasteiger partial charge in [0.2, 0.25) is 0 Å². The Hall–Kier alpha value is -1.40. The number of rotatable bonds is 3. The number of nitrogens with zero attached hydrogens (tertiary/aromatic N) is 3. The van der Waals surface area contributed by atoms with E-state index in [1.165, 1.54) is 0 Å². The molecule has 0 bridgehead atoms. The van der Waals surface area contributed by atoms with Crippen molar-refractivity contribution in [1.82, 2.24) is 15.1 Å². The van der Waals surface area contributed by atoms with Crippen molar-refractivity contribution in [3.8, 4) is 0 Å². The number of carbonyl (C=O) groups is 1. The first-order chi connectivity index (χ1) is 9.83. The second-order valence-electron chi connectivity index (χ2n) is 6.00. The summed E-state index contributed by atoms with van der Waals surface area (Å²) >= 11 is 5.67. The first-order valence-electron chi connectivity index (χ1n) is 6.91. The minimum absolute atomic E-state index is 0.00463. The zero-order chi connectivity index (χ0) is 15.5. The minimum Gasteiger partial charge on any atom is -0.444 e. The van der Waals surface area contributed by atoms with Crippen LogP contribution in [-0.2, 0) is 16.1 Å². The Kier molecular flexibility index (Phi) is 5.00. The normalized spacial score (nSPS) is 18.9. The summed E-state index contributed by atoms with van der Waals surface area (Å²) in [6.45, 7) is 7.11. The fourth-order valence-corrected chi connectivity index (χ4v) is 2.08. The van der Waals surface area contributed by atoms with Crippen molar-refractivity contribution >= 4 is 17.7 Å². The standard InChI is InChI=1S/C14H20ClN3O3/c1-14(2,3)21-13(19)18-7-6-11(8-18)20-9-10-4-5-12(15)17-16-10/h4-5,11H,6-9H2,1-3H3. The number of hydrogen-bond acceptors (Lipinski definition) is 5. The van der Waals surface area contributed by atoms with Gasteiger partial charge in [0.25, 0.3) is 0 Å². The van der Waals surface area contributed by atoms with Crippen LogP contribution >= 0.6 is 11.6 Å². The molecule has 7 heteroatoms. The smallest absolute Gasteiger partial charge is 0.410 e. The van der Waals surface area contributed by atoms with Crippen molar-refractivity contribution in [1.29, 1.82) is 0 Å². The molecule has 0 saturated carbocycles. The molecule has 0 radical (unpaired) electrons. The van der Waals surface area contributed by atoms with Gasteiger partial charge in [0, 0.05) is 6.54 Å². The Morgan fingerprint density at radius 1 is 1.43 bits per heavy atom. The van der Waals surface area contributed by atoms with E-state index in [1.807, 2.05) is 20.8 Å². The highest BCUT2D eigenvalue weighted by atomic mass is 35.5. The van der Waals surface area contributed by atoms with Crippen molar-refractivity contribution < 1.29 is 14.3 Å². The molecule has 2 heterocycles. The molecular weight excluding hydrogens is 294 g/mol. The third-order valence-electron chi connectivity index (χ3n) is 2.95. The van der Waals surface area contributed by atoms with Crippen LogP contribution in [0.2, 0.25) is 5.15 Å². The van der Waals surface area contributed by atoms with Crippen LogP contribution in [0.5, 0.6) is 0 Å². The summed E-state index contributed by atoms with van der Waals surface area (Å²) in [5.74, 6) is 0. The van der Waals surface area contributed by atoms with Gasteiger partial charge in [0.05, 0.1) is 24.9 Å². The van der Waals surface area contributed by atoms with E-state index in [-0.39, 0.29) is 12.2 Å². The molecule has 1 saturated heterocycles. The monoisotopic (exact) mass is 313 g/mol. The van der Waals surface area contributed by atoms with E-state index in [0.29, 0.717) is 24.8 Å². The van der Waals surface area contributed by atoms with E-state index in [4.69, 9.17) is 21.1 Å². The molecule has 1 aliphatic heterocycles. The second kappa shape index (κ2) is 6.58. The average molecular weight is 314 g/mol. The molecule has 1 amide bonds. The van der Waals surface area contributed by atoms with Crippen LogP contribution in [0.4, 0.5) is 4.79 Å². The van der Waals surface area contributed by atoms with Gasteiger partial charge in [-0.05, 0) is 39.3 Å². The van der Waals surface area contributed by atoms with Gasteiger partial charge in [-0.2, -0.15) is 5.10 Å². The molecule has 1 fully saturated rings. The highest BCUT2D eigenvalue weighted by Crippen LogP contribution is 2.18. The van der Waals surface area contributed by atoms with Gasteiger partial charge >= 0.3 is 6.09 Å². The van der Waals surface area contributed by atoms with Crippen molar-refractivity contribution in [3.05, 3.63) is 23.0 Å². The topological polar surface area (TPSA) is 64.5 Å². The van der Waals surface area contributed by atoms with E-state index in [2.05, 4.69) is 10.2 Å². The lowest BCUT2D eigenvalue weighted by atomic mass is 10.2. The molecule has 1 aromatic heterocycles. The Labute approximate surface area is 129 Å². The molecule has 1 unspecified atom stereocenters. The summed E-state index contributed by atoms with van der Waals surface area (Å²) in [6, 6.07) is 3.45. The fraction of sp³-hybridized carbons (Fsp3) is 0.643. The number of likely N-dealkylation sites (tertiary alicyclic amines) is 1. The number of ether oxygens (including phenoxy) is 2. The van der Waals surface area contributed by atoms with Gasteiger partial charge in [-0.15, -0.1) is 5.10 Å². The van der Waals surface area contributed by atoms with Crippen molar-refractivity contribution in [2.75, 3.05) is 13.1 Å². The molecule has 21 heavy (non-hydrogen) atoms. The average Bonchev–Trinajstić information content (AvgIpc) is 2.85. The maximum atomic E-state index is 11.9. The third kappa shape index (κ3) is 5.13. The first-order valence-corrected chi connectivity index (χ1v) is 7.29. The van der Waals surface area contributed by atoms with Gasteiger partial charge in [0.15, 0.2) is 5.15 Å². The molecule has 0 N–H and O–H groups in total. The molecule has 0 spiro atoms. The van der Waals surface area contributed by atoms with Crippen LogP contribution in [0, 0.1) is 0 Å². The van der Waals surface area contributed by atoms with E-state index in [9.17, 15) is 4.79 Å². The Balaban J connectivity index is 1.77. The van der Waals surface area contributed by atoms with Crippen molar-refractivity contribution in [2.45, 2.75) is 45.5 Å².